The summed E-state index contributed by atoms with van der Waals surface area (Å²) < 4.78 is 62.1. The lowest BCUT2D eigenvalue weighted by molar-refractivity contribution is -0.373. The van der Waals surface area contributed by atoms with E-state index < -0.39 is 123 Å². The van der Waals surface area contributed by atoms with Crippen molar-refractivity contribution in [1.29, 1.82) is 0 Å². The van der Waals surface area contributed by atoms with Crippen LogP contribution in [0.15, 0.2) is 12.7 Å². The molecule has 0 aromatic rings. The second-order valence-electron chi connectivity index (χ2n) is 24.2. The number of thioether (sulfide) groups is 1. The number of carbonyl (C=O) groups excluding carboxylic acids is 5. The van der Waals surface area contributed by atoms with Crippen LogP contribution in [0.3, 0.4) is 0 Å². The predicted octanol–water partition coefficient (Wildman–Crippen LogP) is 3.92. The fourth-order valence-electron chi connectivity index (χ4n) is 10.4. The average molecular weight is 1320 g/mol. The third kappa shape index (κ3) is 28.4. The van der Waals surface area contributed by atoms with Crippen molar-refractivity contribution < 1.29 is 122 Å². The number of thiol groups is 1. The van der Waals surface area contributed by atoms with Crippen molar-refractivity contribution in [3.8, 4) is 0 Å². The fourth-order valence-corrected chi connectivity index (χ4v) is 11.8. The Kier molecular flexibility index (Phi) is 40.6. The van der Waals surface area contributed by atoms with Gasteiger partial charge in [-0.2, -0.15) is 24.4 Å². The minimum Gasteiger partial charge on any atom is -0.465 e. The van der Waals surface area contributed by atoms with Gasteiger partial charge >= 0.3 is 29.8 Å². The number of allylic oxidation sites excluding steroid dienone is 1. The third-order valence-electron chi connectivity index (χ3n) is 16.0. The first-order chi connectivity index (χ1) is 42.1. The molecule has 89 heavy (non-hydrogen) atoms. The number of esters is 5. The Hall–Kier alpha value is -2.81. The fraction of sp³-hybridized carbons (Fsp3) is 0.887. The molecule has 4 heterocycles. The first-order valence-corrected chi connectivity index (χ1v) is 33.4. The van der Waals surface area contributed by atoms with Crippen LogP contribution in [-0.2, 0) is 76.1 Å². The van der Waals surface area contributed by atoms with Crippen molar-refractivity contribution in [1.82, 2.24) is 0 Å². The standard InChI is InChI=1S/C26H48O13S.C22H36O9S.C14H26O3/c1-14(2)8-10-36-24(35)15(6-3-4-9-27)7-5-11-40-13-17-19(30)21(32)23(34)26(38-17)39-25-22(33)20(31)18(29)16(12-28)37-25;1-8-16-12(4)19(27-14(6)24)20(28-15(7)25)22(29-16)31-21-11(3)10(2)18(26-13(5)23)17(9-32)30-21;1-4-7-13(8-5-6-10-15)14(16)17-11-9-12(2)3/h14-23,25-34H,3-13H2,1-2H3;10-12,16-22,32H,8-9H2,1-7H3;4,12-13,15H,1,5-11H2,2-3H3/t15?,16-,17-,18-,19-,20+,21+,22-,23-,25-,26-;10-,11-,12-,16-,17-,18+,19+,20-,21-,22-;/m11./s1. The van der Waals surface area contributed by atoms with E-state index in [0.29, 0.717) is 81.5 Å². The summed E-state index contributed by atoms with van der Waals surface area (Å²) in [5, 5.41) is 88.4. The topological polar surface area (TPSA) is 369 Å². The summed E-state index contributed by atoms with van der Waals surface area (Å²) in [5.74, 6) is -0.492. The number of hydrogen-bond donors (Lipinski definition) is 10. The Morgan fingerprint density at radius 1 is 0.528 bits per heavy atom. The normalized spacial score (nSPS) is 32.7. The van der Waals surface area contributed by atoms with Crippen LogP contribution >= 0.6 is 24.4 Å². The molecule has 0 spiro atoms. The molecular formula is C62H110O25S2. The Bertz CT molecular complexity index is 2000. The molecule has 0 aromatic heterocycles. The number of rotatable bonds is 34. The molecule has 0 saturated carbocycles. The smallest absolute Gasteiger partial charge is 0.309 e. The lowest BCUT2D eigenvalue weighted by Crippen LogP contribution is -2.63. The van der Waals surface area contributed by atoms with Crippen LogP contribution in [0.1, 0.15) is 153 Å². The molecule has 9 N–H and O–H groups in total. The van der Waals surface area contributed by atoms with E-state index >= 15 is 0 Å². The number of carbonyl (C=O) groups is 5. The van der Waals surface area contributed by atoms with Crippen LogP contribution in [0.4, 0.5) is 0 Å². The molecule has 2 unspecified atom stereocenters. The van der Waals surface area contributed by atoms with Gasteiger partial charge in [-0.05, 0) is 81.8 Å². The molecule has 520 valence electrons. The van der Waals surface area contributed by atoms with Crippen molar-refractivity contribution in [2.24, 2.45) is 41.4 Å². The summed E-state index contributed by atoms with van der Waals surface area (Å²) in [6.07, 6.45) is -9.41. The van der Waals surface area contributed by atoms with E-state index in [4.69, 9.17) is 62.3 Å². The molecule has 0 amide bonds. The molecule has 4 saturated heterocycles. The third-order valence-corrected chi connectivity index (χ3v) is 17.5. The van der Waals surface area contributed by atoms with Gasteiger partial charge in [0.15, 0.2) is 25.0 Å². The second kappa shape index (κ2) is 44.0. The first kappa shape index (κ1) is 82.3. The zero-order valence-electron chi connectivity index (χ0n) is 54.2. The summed E-state index contributed by atoms with van der Waals surface area (Å²) in [6, 6.07) is 0. The van der Waals surface area contributed by atoms with Crippen LogP contribution in [0.25, 0.3) is 0 Å². The largest absolute Gasteiger partial charge is 0.465 e. The lowest BCUT2D eigenvalue weighted by Gasteiger charge is -2.48. The van der Waals surface area contributed by atoms with Gasteiger partial charge < -0.3 is 98.1 Å². The maximum Gasteiger partial charge on any atom is 0.309 e. The maximum atomic E-state index is 12.6. The number of aliphatic hydroxyl groups is 9. The van der Waals surface area contributed by atoms with Crippen molar-refractivity contribution in [3.63, 3.8) is 0 Å². The molecule has 22 atom stereocenters. The molecular weight excluding hydrogens is 1210 g/mol. The van der Waals surface area contributed by atoms with Crippen molar-refractivity contribution in [2.75, 3.05) is 50.3 Å². The van der Waals surface area contributed by atoms with Crippen LogP contribution < -0.4 is 0 Å². The molecule has 4 rings (SSSR count). The molecule has 4 aliphatic heterocycles. The Balaban J connectivity index is 0.000000491. The highest BCUT2D eigenvalue weighted by atomic mass is 32.2. The predicted molar refractivity (Wildman–Crippen MR) is 329 cm³/mol. The first-order valence-electron chi connectivity index (χ1n) is 31.6. The maximum absolute atomic E-state index is 12.6. The second-order valence-corrected chi connectivity index (χ2v) is 25.7. The van der Waals surface area contributed by atoms with Gasteiger partial charge in [0.1, 0.15) is 61.0 Å². The quantitative estimate of drug-likeness (QED) is 0.0143. The monoisotopic (exact) mass is 1320 g/mol. The molecule has 25 nitrogen and oxygen atoms in total. The molecule has 0 bridgehead atoms. The van der Waals surface area contributed by atoms with Gasteiger partial charge in [-0.1, -0.05) is 74.3 Å². The summed E-state index contributed by atoms with van der Waals surface area (Å²) in [7, 11) is 0. The molecule has 0 radical (unpaired) electrons. The molecule has 4 fully saturated rings. The minimum absolute atomic E-state index is 0.0658. The molecule has 4 aliphatic rings. The highest BCUT2D eigenvalue weighted by Crippen LogP contribution is 2.39. The van der Waals surface area contributed by atoms with Crippen LogP contribution in [0.5, 0.6) is 0 Å². The van der Waals surface area contributed by atoms with Gasteiger partial charge in [0.2, 0.25) is 6.29 Å². The number of aliphatic hydroxyl groups excluding tert-OH is 9. The van der Waals surface area contributed by atoms with Gasteiger partial charge in [0.25, 0.3) is 0 Å². The Labute approximate surface area is 536 Å². The zero-order chi connectivity index (χ0) is 67.1. The molecule has 0 aliphatic carbocycles. The SMILES string of the molecule is C=CCC(CCCCO)C(=O)OCCC(C)C.CC(C)CCOC(=O)C(CCCCO)CCCSC[C@H]1O[C@H](O[C@H]2O[C@H](CO)[C@@H](O)[C@H](O)[C@H]2O)[C@H](O)[C@@H](O)[C@@H]1O.CC[C@H]1O[C@H](O[C@H]2O[C@H](CS)[C@@H](OC(C)=O)[C@H](C)[C@H]2C)[C@H](OC(C)=O)[C@@H](OC(C)=O)[C@@H]1C. The van der Waals surface area contributed by atoms with Gasteiger partial charge in [-0.3, -0.25) is 24.0 Å². The summed E-state index contributed by atoms with van der Waals surface area (Å²) >= 11 is 5.76. The van der Waals surface area contributed by atoms with Gasteiger partial charge in [0, 0.05) is 63.2 Å². The summed E-state index contributed by atoms with van der Waals surface area (Å²) in [6.45, 7) is 24.1. The average Bonchev–Trinajstić information content (AvgIpc) is 2.11. The number of hydrogen-bond acceptors (Lipinski definition) is 27. The molecule has 27 heteroatoms. The summed E-state index contributed by atoms with van der Waals surface area (Å²) in [4.78, 5) is 59.5. The van der Waals surface area contributed by atoms with Gasteiger partial charge in [0.05, 0.1) is 43.9 Å². The van der Waals surface area contributed by atoms with Crippen LogP contribution in [0.2, 0.25) is 0 Å². The van der Waals surface area contributed by atoms with Crippen molar-refractivity contribution >= 4 is 54.2 Å². The summed E-state index contributed by atoms with van der Waals surface area (Å²) in [5.41, 5.74) is 0. The van der Waals surface area contributed by atoms with Crippen molar-refractivity contribution in [2.45, 2.75) is 258 Å². The highest BCUT2D eigenvalue weighted by Gasteiger charge is 2.53. The molecule has 0 aromatic carbocycles. The van der Waals surface area contributed by atoms with Gasteiger partial charge in [-0.15, -0.1) is 6.58 Å². The van der Waals surface area contributed by atoms with E-state index in [1.807, 2.05) is 27.7 Å². The van der Waals surface area contributed by atoms with Crippen LogP contribution in [-0.4, -0.2) is 231 Å². The Morgan fingerprint density at radius 3 is 1.46 bits per heavy atom. The van der Waals surface area contributed by atoms with Gasteiger partial charge in [-0.25, -0.2) is 0 Å². The Morgan fingerprint density at radius 2 is 0.978 bits per heavy atom. The zero-order valence-corrected chi connectivity index (χ0v) is 55.9. The number of unbranched alkanes of at least 4 members (excludes halogenated alkanes) is 2. The van der Waals surface area contributed by atoms with E-state index in [0.717, 1.165) is 32.1 Å². The van der Waals surface area contributed by atoms with E-state index in [-0.39, 0.29) is 66.6 Å². The minimum atomic E-state index is -1.73. The van der Waals surface area contributed by atoms with E-state index in [9.17, 15) is 59.7 Å². The highest BCUT2D eigenvalue weighted by molar-refractivity contribution is 7.99. The van der Waals surface area contributed by atoms with Crippen molar-refractivity contribution in [3.05, 3.63) is 12.7 Å². The van der Waals surface area contributed by atoms with Crippen LogP contribution in [0, 0.1) is 41.4 Å². The van der Waals surface area contributed by atoms with E-state index in [1.54, 1.807) is 6.08 Å². The lowest BCUT2D eigenvalue weighted by atomic mass is 9.84. The van der Waals surface area contributed by atoms with E-state index in [1.165, 1.54) is 32.5 Å². The van der Waals surface area contributed by atoms with E-state index in [2.05, 4.69) is 46.9 Å². The number of ether oxygens (including phenoxy) is 11.